The van der Waals surface area contributed by atoms with E-state index in [0.717, 1.165) is 18.2 Å². The number of halogens is 2. The molecule has 0 fully saturated rings. The number of anilines is 1. The summed E-state index contributed by atoms with van der Waals surface area (Å²) in [4.78, 5) is 11.8. The molecule has 3 N–H and O–H groups in total. The van der Waals surface area contributed by atoms with Gasteiger partial charge in [0.25, 0.3) is 0 Å². The normalized spacial score (nSPS) is 11.5. The van der Waals surface area contributed by atoms with Crippen LogP contribution in [0.4, 0.5) is 14.5 Å². The van der Waals surface area contributed by atoms with Gasteiger partial charge in [-0.3, -0.25) is 4.79 Å². The zero-order valence-corrected chi connectivity index (χ0v) is 11.6. The standard InChI is InChI=1S/C13H15F2N5O/c1-13(2,16)11-6-20(19-18-11)7-12(21)17-10-5-8(14)3-4-9(10)15/h3-6H,7,16H2,1-2H3,(H,17,21). The summed E-state index contributed by atoms with van der Waals surface area (Å²) in [6.45, 7) is 3.33. The molecule has 1 aromatic heterocycles. The van der Waals surface area contributed by atoms with Gasteiger partial charge in [0, 0.05) is 6.07 Å². The van der Waals surface area contributed by atoms with Crippen LogP contribution in [0.25, 0.3) is 0 Å². The number of carbonyl (C=O) groups is 1. The van der Waals surface area contributed by atoms with Gasteiger partial charge < -0.3 is 11.1 Å². The third-order valence-electron chi connectivity index (χ3n) is 2.71. The van der Waals surface area contributed by atoms with Gasteiger partial charge in [0.1, 0.15) is 23.9 Å². The van der Waals surface area contributed by atoms with Crippen LogP contribution in [0.2, 0.25) is 0 Å². The van der Waals surface area contributed by atoms with E-state index in [0.29, 0.717) is 5.69 Å². The number of nitrogens with two attached hydrogens (primary N) is 1. The van der Waals surface area contributed by atoms with Crippen molar-refractivity contribution in [2.24, 2.45) is 5.73 Å². The van der Waals surface area contributed by atoms with Crippen molar-refractivity contribution in [2.45, 2.75) is 25.9 Å². The Bertz CT molecular complexity index is 663. The van der Waals surface area contributed by atoms with Crippen molar-refractivity contribution in [3.8, 4) is 0 Å². The summed E-state index contributed by atoms with van der Waals surface area (Å²) < 4.78 is 27.7. The van der Waals surface area contributed by atoms with Crippen LogP contribution in [0.5, 0.6) is 0 Å². The number of benzene rings is 1. The van der Waals surface area contributed by atoms with E-state index in [1.54, 1.807) is 13.8 Å². The summed E-state index contributed by atoms with van der Waals surface area (Å²) in [5.41, 5.74) is 5.47. The average molecular weight is 295 g/mol. The van der Waals surface area contributed by atoms with Crippen LogP contribution in [0.1, 0.15) is 19.5 Å². The Hall–Kier alpha value is -2.35. The van der Waals surface area contributed by atoms with Crippen molar-refractivity contribution in [3.05, 3.63) is 41.7 Å². The summed E-state index contributed by atoms with van der Waals surface area (Å²) in [7, 11) is 0. The molecule has 1 heterocycles. The lowest BCUT2D eigenvalue weighted by Crippen LogP contribution is -2.29. The second-order valence-corrected chi connectivity index (χ2v) is 5.20. The maximum absolute atomic E-state index is 13.4. The largest absolute Gasteiger partial charge is 0.322 e. The van der Waals surface area contributed by atoms with Crippen molar-refractivity contribution in [3.63, 3.8) is 0 Å². The summed E-state index contributed by atoms with van der Waals surface area (Å²) >= 11 is 0. The summed E-state index contributed by atoms with van der Waals surface area (Å²) in [6, 6.07) is 2.82. The quantitative estimate of drug-likeness (QED) is 0.892. The van der Waals surface area contributed by atoms with Crippen molar-refractivity contribution in [2.75, 3.05) is 5.32 Å². The molecule has 8 heteroatoms. The number of rotatable bonds is 4. The van der Waals surface area contributed by atoms with Crippen LogP contribution in [0, 0.1) is 11.6 Å². The van der Waals surface area contributed by atoms with Crippen LogP contribution in [0.3, 0.4) is 0 Å². The topological polar surface area (TPSA) is 85.8 Å². The number of nitrogens with zero attached hydrogens (tertiary/aromatic N) is 3. The van der Waals surface area contributed by atoms with Crippen LogP contribution >= 0.6 is 0 Å². The zero-order chi connectivity index (χ0) is 15.6. The predicted octanol–water partition coefficient (Wildman–Crippen LogP) is 1.39. The first kappa shape index (κ1) is 15.0. The minimum atomic E-state index is -0.716. The Kier molecular flexibility index (Phi) is 3.99. The number of aromatic nitrogens is 3. The first-order valence-electron chi connectivity index (χ1n) is 6.20. The lowest BCUT2D eigenvalue weighted by molar-refractivity contribution is -0.116. The van der Waals surface area contributed by atoms with Gasteiger partial charge >= 0.3 is 0 Å². The van der Waals surface area contributed by atoms with Gasteiger partial charge in [0.15, 0.2) is 0 Å². The van der Waals surface area contributed by atoms with Crippen LogP contribution in [0.15, 0.2) is 24.4 Å². The highest BCUT2D eigenvalue weighted by Gasteiger charge is 2.19. The molecule has 0 radical (unpaired) electrons. The molecule has 0 aliphatic heterocycles. The summed E-state index contributed by atoms with van der Waals surface area (Å²) in [5.74, 6) is -1.91. The van der Waals surface area contributed by atoms with Crippen molar-refractivity contribution in [1.29, 1.82) is 0 Å². The monoisotopic (exact) mass is 295 g/mol. The van der Waals surface area contributed by atoms with Gasteiger partial charge in [-0.25, -0.2) is 13.5 Å². The highest BCUT2D eigenvalue weighted by Crippen LogP contribution is 2.15. The van der Waals surface area contributed by atoms with E-state index < -0.39 is 23.1 Å². The fourth-order valence-corrected chi connectivity index (χ4v) is 1.60. The number of amides is 1. The Morgan fingerprint density at radius 3 is 2.76 bits per heavy atom. The fraction of sp³-hybridized carbons (Fsp3) is 0.308. The molecule has 0 atom stereocenters. The van der Waals surface area contributed by atoms with Gasteiger partial charge in [-0.1, -0.05) is 5.21 Å². The molecule has 2 rings (SSSR count). The van der Waals surface area contributed by atoms with E-state index in [1.165, 1.54) is 10.9 Å². The molecule has 0 bridgehead atoms. The third-order valence-corrected chi connectivity index (χ3v) is 2.71. The third kappa shape index (κ3) is 3.82. The van der Waals surface area contributed by atoms with Gasteiger partial charge in [-0.05, 0) is 26.0 Å². The summed E-state index contributed by atoms with van der Waals surface area (Å²) in [5, 5.41) is 9.89. The number of nitrogens with one attached hydrogen (secondary N) is 1. The first-order chi connectivity index (χ1) is 9.75. The molecule has 0 saturated heterocycles. The average Bonchev–Trinajstić information content (AvgIpc) is 2.82. The molecule has 1 aromatic carbocycles. The van der Waals surface area contributed by atoms with Crippen molar-refractivity contribution < 1.29 is 13.6 Å². The minimum Gasteiger partial charge on any atom is -0.322 e. The van der Waals surface area contributed by atoms with Crippen molar-refractivity contribution in [1.82, 2.24) is 15.0 Å². The lowest BCUT2D eigenvalue weighted by atomic mass is 10.0. The van der Waals surface area contributed by atoms with Crippen molar-refractivity contribution >= 4 is 11.6 Å². The van der Waals surface area contributed by atoms with E-state index in [9.17, 15) is 13.6 Å². The molecule has 112 valence electrons. The molecule has 2 aromatic rings. The molecular formula is C13H15F2N5O. The Balaban J connectivity index is 2.05. The predicted molar refractivity (Wildman–Crippen MR) is 72.2 cm³/mol. The van der Waals surface area contributed by atoms with Gasteiger partial charge in [-0.2, -0.15) is 0 Å². The SMILES string of the molecule is CC(C)(N)c1cn(CC(=O)Nc2cc(F)ccc2F)nn1. The van der Waals surface area contributed by atoms with Crippen LogP contribution < -0.4 is 11.1 Å². The molecule has 1 amide bonds. The van der Waals surface area contributed by atoms with Crippen LogP contribution in [-0.2, 0) is 16.9 Å². The molecule has 21 heavy (non-hydrogen) atoms. The van der Waals surface area contributed by atoms with E-state index in [2.05, 4.69) is 15.6 Å². The molecule has 0 aliphatic rings. The highest BCUT2D eigenvalue weighted by atomic mass is 19.1. The fourth-order valence-electron chi connectivity index (χ4n) is 1.60. The molecule has 0 unspecified atom stereocenters. The Morgan fingerprint density at radius 2 is 2.14 bits per heavy atom. The second-order valence-electron chi connectivity index (χ2n) is 5.20. The molecule has 6 nitrogen and oxygen atoms in total. The van der Waals surface area contributed by atoms with E-state index in [1.807, 2.05) is 0 Å². The lowest BCUT2D eigenvalue weighted by Gasteiger charge is -2.13. The maximum atomic E-state index is 13.4. The number of hydrogen-bond donors (Lipinski definition) is 2. The first-order valence-corrected chi connectivity index (χ1v) is 6.20. The maximum Gasteiger partial charge on any atom is 0.246 e. The van der Waals surface area contributed by atoms with Gasteiger partial charge in [0.2, 0.25) is 5.91 Å². The van der Waals surface area contributed by atoms with Gasteiger partial charge in [-0.15, -0.1) is 5.10 Å². The number of carbonyl (C=O) groups excluding carboxylic acids is 1. The highest BCUT2D eigenvalue weighted by molar-refractivity contribution is 5.90. The minimum absolute atomic E-state index is 0.182. The Labute approximate surface area is 119 Å². The van der Waals surface area contributed by atoms with E-state index in [-0.39, 0.29) is 12.2 Å². The van der Waals surface area contributed by atoms with Gasteiger partial charge in [0.05, 0.1) is 17.4 Å². The Morgan fingerprint density at radius 1 is 1.43 bits per heavy atom. The molecule has 0 aliphatic carbocycles. The molecular weight excluding hydrogens is 280 g/mol. The molecule has 0 saturated carbocycles. The van der Waals surface area contributed by atoms with Crippen LogP contribution in [-0.4, -0.2) is 20.9 Å². The van der Waals surface area contributed by atoms with E-state index >= 15 is 0 Å². The summed E-state index contributed by atoms with van der Waals surface area (Å²) in [6.07, 6.45) is 1.53. The second kappa shape index (κ2) is 5.57. The van der Waals surface area contributed by atoms with E-state index in [4.69, 9.17) is 5.73 Å². The number of hydrogen-bond acceptors (Lipinski definition) is 4. The smallest absolute Gasteiger partial charge is 0.246 e. The zero-order valence-electron chi connectivity index (χ0n) is 11.6. The molecule has 0 spiro atoms.